The molecule has 1 atom stereocenters. The van der Waals surface area contributed by atoms with Gasteiger partial charge >= 0.3 is 8.24 Å². The zero-order chi connectivity index (χ0) is 20.6. The number of hydrogen-bond donors (Lipinski definition) is 0. The van der Waals surface area contributed by atoms with Gasteiger partial charge in [0.2, 0.25) is 0 Å². The molecule has 0 saturated heterocycles. The number of fused-ring (bicyclic) bond motifs is 3. The van der Waals surface area contributed by atoms with Crippen LogP contribution in [-0.2, 0) is 5.41 Å². The first-order valence-electron chi connectivity index (χ1n) is 9.38. The van der Waals surface area contributed by atoms with Crippen molar-refractivity contribution in [2.45, 2.75) is 53.1 Å². The van der Waals surface area contributed by atoms with Crippen LogP contribution in [0.1, 0.15) is 45.7 Å². The first kappa shape index (κ1) is 20.6. The number of hydrogen-bond acceptors (Lipinski definition) is 5. The van der Waals surface area contributed by atoms with Gasteiger partial charge in [-0.2, -0.15) is 0 Å². The maximum absolute atomic E-state index is 6.36. The highest BCUT2D eigenvalue weighted by atomic mass is 31.1. The Labute approximate surface area is 167 Å². The molecule has 5 nitrogen and oxygen atoms in total. The quantitative estimate of drug-likeness (QED) is 0.481. The Bertz CT molecular complexity index is 1040. The summed E-state index contributed by atoms with van der Waals surface area (Å²) in [5.41, 5.74) is 3.37. The summed E-state index contributed by atoms with van der Waals surface area (Å²) in [5.74, 6) is 1.54. The molecule has 28 heavy (non-hydrogen) atoms. The predicted octanol–water partition coefficient (Wildman–Crippen LogP) is 6.75. The van der Waals surface area contributed by atoms with Gasteiger partial charge in [-0.3, -0.25) is 4.52 Å². The first-order valence-corrected chi connectivity index (χ1v) is 10.5. The summed E-state index contributed by atoms with van der Waals surface area (Å²) in [7, 11) is 1.74. The van der Waals surface area contributed by atoms with Crippen molar-refractivity contribution < 1.29 is 22.4 Å². The number of methoxy groups -OCH3 is 2. The fourth-order valence-corrected chi connectivity index (χ4v) is 4.34. The molecular weight excluding hydrogens is 375 g/mol. The third kappa shape index (κ3) is 4.01. The van der Waals surface area contributed by atoms with Gasteiger partial charge in [0.25, 0.3) is 0 Å². The molecule has 1 unspecified atom stereocenters. The van der Waals surface area contributed by atoms with Crippen molar-refractivity contribution in [1.29, 1.82) is 0 Å². The lowest BCUT2D eigenvalue weighted by Gasteiger charge is -2.20. The van der Waals surface area contributed by atoms with Gasteiger partial charge in [0.15, 0.2) is 0 Å². The molecule has 0 aliphatic carbocycles. The van der Waals surface area contributed by atoms with Gasteiger partial charge in [-0.05, 0) is 56.0 Å². The van der Waals surface area contributed by atoms with E-state index in [4.69, 9.17) is 22.4 Å². The summed E-state index contributed by atoms with van der Waals surface area (Å²) < 4.78 is 29.7. The molecule has 0 radical (unpaired) electrons. The summed E-state index contributed by atoms with van der Waals surface area (Å²) >= 11 is 0. The van der Waals surface area contributed by atoms with Crippen molar-refractivity contribution in [3.05, 3.63) is 35.4 Å². The molecule has 6 heteroatoms. The van der Waals surface area contributed by atoms with Crippen LogP contribution in [-0.4, -0.2) is 20.3 Å². The summed E-state index contributed by atoms with van der Waals surface area (Å²) in [6, 6.07) is 7.95. The van der Waals surface area contributed by atoms with Crippen molar-refractivity contribution >= 4 is 30.2 Å². The third-order valence-electron chi connectivity index (χ3n) is 4.51. The molecular formula is C22H29O5P. The van der Waals surface area contributed by atoms with Gasteiger partial charge < -0.3 is 17.9 Å². The van der Waals surface area contributed by atoms with E-state index < -0.39 is 8.24 Å². The molecule has 0 aliphatic rings. The van der Waals surface area contributed by atoms with E-state index >= 15 is 0 Å². The van der Waals surface area contributed by atoms with Gasteiger partial charge in [0.05, 0.1) is 20.3 Å². The number of aryl methyl sites for hydroxylation is 1. The smallest absolute Gasteiger partial charge is 0.387 e. The molecule has 0 amide bonds. The van der Waals surface area contributed by atoms with Crippen molar-refractivity contribution in [2.24, 2.45) is 0 Å². The van der Waals surface area contributed by atoms with Crippen molar-refractivity contribution in [3.8, 4) is 11.5 Å². The van der Waals surface area contributed by atoms with Gasteiger partial charge in [-0.25, -0.2) is 0 Å². The minimum absolute atomic E-state index is 0.0222. The van der Waals surface area contributed by atoms with Crippen LogP contribution >= 0.6 is 8.24 Å². The number of ether oxygens (including phenoxy) is 2. The average molecular weight is 404 g/mol. The fraction of sp³-hybridized carbons (Fsp3) is 0.455. The van der Waals surface area contributed by atoms with E-state index in [1.54, 1.807) is 14.2 Å². The van der Waals surface area contributed by atoms with E-state index in [1.807, 2.05) is 45.0 Å². The first-order chi connectivity index (χ1) is 13.1. The Morgan fingerprint density at radius 2 is 1.39 bits per heavy atom. The van der Waals surface area contributed by atoms with Gasteiger partial charge in [0, 0.05) is 16.3 Å². The highest BCUT2D eigenvalue weighted by Gasteiger charge is 2.23. The second-order valence-corrected chi connectivity index (χ2v) is 9.21. The maximum Gasteiger partial charge on any atom is 0.387 e. The van der Waals surface area contributed by atoms with Crippen LogP contribution in [0.15, 0.2) is 32.7 Å². The Kier molecular flexibility index (Phi) is 5.69. The molecule has 0 aliphatic heterocycles. The highest BCUT2D eigenvalue weighted by molar-refractivity contribution is 7.31. The summed E-state index contributed by atoms with van der Waals surface area (Å²) in [4.78, 5) is 0. The predicted molar refractivity (Wildman–Crippen MR) is 115 cm³/mol. The molecule has 0 saturated carbocycles. The minimum Gasteiger partial charge on any atom is -0.497 e. The Morgan fingerprint density at radius 3 is 1.93 bits per heavy atom. The van der Waals surface area contributed by atoms with E-state index in [1.165, 1.54) is 0 Å². The fourth-order valence-electron chi connectivity index (χ4n) is 3.14. The number of benzene rings is 2. The van der Waals surface area contributed by atoms with Crippen LogP contribution in [0, 0.1) is 6.92 Å². The topological polar surface area (TPSA) is 54.0 Å². The normalized spacial score (nSPS) is 12.7. The summed E-state index contributed by atoms with van der Waals surface area (Å²) in [6.45, 7) is 12.4. The van der Waals surface area contributed by atoms with E-state index in [0.717, 1.165) is 44.6 Å². The van der Waals surface area contributed by atoms with Crippen LogP contribution < -0.4 is 14.0 Å². The van der Waals surface area contributed by atoms with Crippen molar-refractivity contribution in [2.75, 3.05) is 14.2 Å². The Morgan fingerprint density at radius 1 is 0.857 bits per heavy atom. The second-order valence-electron chi connectivity index (χ2n) is 8.18. The largest absolute Gasteiger partial charge is 0.497 e. The minimum atomic E-state index is -1.60. The monoisotopic (exact) mass is 404 g/mol. The van der Waals surface area contributed by atoms with Gasteiger partial charge in [-0.15, -0.1) is 0 Å². The van der Waals surface area contributed by atoms with Gasteiger partial charge in [0.1, 0.15) is 22.7 Å². The molecule has 3 rings (SSSR count). The molecule has 0 N–H and O–H groups in total. The van der Waals surface area contributed by atoms with Crippen molar-refractivity contribution in [1.82, 2.24) is 0 Å². The lowest BCUT2D eigenvalue weighted by Crippen LogP contribution is -2.11. The van der Waals surface area contributed by atoms with E-state index in [-0.39, 0.29) is 11.5 Å². The van der Waals surface area contributed by atoms with Crippen LogP contribution in [0.2, 0.25) is 0 Å². The Balaban J connectivity index is 2.60. The van der Waals surface area contributed by atoms with Gasteiger partial charge in [-0.1, -0.05) is 20.8 Å². The SMILES string of the molecule is COc1cc(C)c2op(OC(C)C)oc3c(C(C)(C)C)cc(OC)cc3c2c1. The van der Waals surface area contributed by atoms with E-state index in [2.05, 4.69) is 20.8 Å². The van der Waals surface area contributed by atoms with Crippen LogP contribution in [0.5, 0.6) is 11.5 Å². The lowest BCUT2D eigenvalue weighted by molar-refractivity contribution is 0.300. The number of rotatable bonds is 4. The lowest BCUT2D eigenvalue weighted by atomic mass is 9.85. The molecule has 2 aromatic carbocycles. The van der Waals surface area contributed by atoms with Crippen LogP contribution in [0.25, 0.3) is 21.9 Å². The zero-order valence-electron chi connectivity index (χ0n) is 17.9. The van der Waals surface area contributed by atoms with Crippen LogP contribution in [0.4, 0.5) is 0 Å². The molecule has 1 heterocycles. The molecule has 0 spiro atoms. The molecule has 0 bridgehead atoms. The summed E-state index contributed by atoms with van der Waals surface area (Å²) in [5, 5.41) is 1.83. The second kappa shape index (κ2) is 7.73. The highest BCUT2D eigenvalue weighted by Crippen LogP contribution is 2.42. The van der Waals surface area contributed by atoms with Crippen LogP contribution in [0.3, 0.4) is 0 Å². The molecule has 3 aromatic rings. The molecule has 1 aromatic heterocycles. The van der Waals surface area contributed by atoms with E-state index in [9.17, 15) is 0 Å². The standard InChI is InChI=1S/C22H29O5P/c1-13(2)25-28-26-20-14(3)9-15(23-7)10-17(20)18-11-16(24-8)12-19(21(18)27-28)22(4,5)6/h9-13H,1-8H3. The Hall–Kier alpha value is -2.10. The molecule has 152 valence electrons. The van der Waals surface area contributed by atoms with E-state index in [0.29, 0.717) is 0 Å². The zero-order valence-corrected chi connectivity index (χ0v) is 18.8. The summed E-state index contributed by atoms with van der Waals surface area (Å²) in [6.07, 6.45) is -0.0222. The maximum atomic E-state index is 6.36. The van der Waals surface area contributed by atoms with Crippen molar-refractivity contribution in [3.63, 3.8) is 0 Å². The third-order valence-corrected chi connectivity index (χ3v) is 5.77. The average Bonchev–Trinajstić information content (AvgIpc) is 2.76. The molecule has 0 fully saturated rings.